The summed E-state index contributed by atoms with van der Waals surface area (Å²) in [7, 11) is -0.394. The molecule has 0 radical (unpaired) electrons. The van der Waals surface area contributed by atoms with E-state index in [1.165, 1.54) is 18.4 Å². The van der Waals surface area contributed by atoms with Crippen LogP contribution in [0.2, 0.25) is 0 Å². The first-order valence-electron chi connectivity index (χ1n) is 6.23. The van der Waals surface area contributed by atoms with Crippen LogP contribution >= 0.6 is 11.3 Å². The third-order valence-electron chi connectivity index (χ3n) is 2.93. The van der Waals surface area contributed by atoms with Gasteiger partial charge in [-0.15, -0.1) is 11.3 Å². The molecule has 21 heavy (non-hydrogen) atoms. The van der Waals surface area contributed by atoms with Crippen LogP contribution in [0.3, 0.4) is 0 Å². The lowest BCUT2D eigenvalue weighted by Crippen LogP contribution is -2.22. The van der Waals surface area contributed by atoms with Gasteiger partial charge < -0.3 is 9.47 Å². The van der Waals surface area contributed by atoms with E-state index in [1.807, 2.05) is 6.92 Å². The average Bonchev–Trinajstić information content (AvgIpc) is 2.92. The molecule has 1 heterocycles. The second-order valence-electron chi connectivity index (χ2n) is 4.37. The molecular formula is C14H17NO4S2. The van der Waals surface area contributed by atoms with Crippen LogP contribution in [-0.2, 0) is 16.6 Å². The Hall–Kier alpha value is -1.57. The highest BCUT2D eigenvalue weighted by molar-refractivity contribution is 7.91. The third-order valence-corrected chi connectivity index (χ3v) is 5.82. The molecule has 5 nitrogen and oxygen atoms in total. The van der Waals surface area contributed by atoms with E-state index in [9.17, 15) is 8.42 Å². The molecule has 0 aliphatic heterocycles. The van der Waals surface area contributed by atoms with Crippen molar-refractivity contribution in [1.82, 2.24) is 4.72 Å². The fourth-order valence-electron chi connectivity index (χ4n) is 1.80. The first kappa shape index (κ1) is 15.8. The minimum atomic E-state index is -3.50. The Morgan fingerprint density at radius 3 is 2.48 bits per heavy atom. The van der Waals surface area contributed by atoms with Gasteiger partial charge in [-0.25, -0.2) is 13.1 Å². The number of rotatable bonds is 6. The summed E-state index contributed by atoms with van der Waals surface area (Å²) >= 11 is 1.24. The predicted octanol–water partition coefficient (Wildman–Crippen LogP) is 2.55. The van der Waals surface area contributed by atoms with Gasteiger partial charge >= 0.3 is 0 Å². The number of benzene rings is 1. The average molecular weight is 327 g/mol. The Labute approximate surface area is 128 Å². The quantitative estimate of drug-likeness (QED) is 0.885. The lowest BCUT2D eigenvalue weighted by Gasteiger charge is -2.11. The van der Waals surface area contributed by atoms with Gasteiger partial charge in [-0.3, -0.25) is 0 Å². The van der Waals surface area contributed by atoms with Crippen LogP contribution in [0.4, 0.5) is 0 Å². The van der Waals surface area contributed by atoms with Crippen molar-refractivity contribution in [3.8, 4) is 11.5 Å². The van der Waals surface area contributed by atoms with Crippen LogP contribution < -0.4 is 14.2 Å². The lowest BCUT2D eigenvalue weighted by molar-refractivity contribution is 0.390. The largest absolute Gasteiger partial charge is 0.497 e. The highest BCUT2D eigenvalue weighted by atomic mass is 32.2. The molecule has 0 atom stereocenters. The summed E-state index contributed by atoms with van der Waals surface area (Å²) in [4.78, 5) is 0.956. The van der Waals surface area contributed by atoms with Gasteiger partial charge in [0.05, 0.1) is 14.2 Å². The molecule has 0 unspecified atom stereocenters. The number of hydrogen-bond donors (Lipinski definition) is 1. The van der Waals surface area contributed by atoms with Crippen molar-refractivity contribution >= 4 is 21.4 Å². The van der Waals surface area contributed by atoms with Gasteiger partial charge in [0.1, 0.15) is 15.7 Å². The topological polar surface area (TPSA) is 64.6 Å². The first-order valence-corrected chi connectivity index (χ1v) is 8.53. The Kier molecular flexibility index (Phi) is 4.87. The van der Waals surface area contributed by atoms with E-state index in [0.717, 1.165) is 10.4 Å². The second-order valence-corrected chi connectivity index (χ2v) is 7.65. The minimum Gasteiger partial charge on any atom is -0.497 e. The van der Waals surface area contributed by atoms with Gasteiger partial charge in [0, 0.05) is 23.1 Å². The summed E-state index contributed by atoms with van der Waals surface area (Å²) in [6.45, 7) is 2.03. The molecule has 1 N–H and O–H groups in total. The van der Waals surface area contributed by atoms with Gasteiger partial charge in [0.15, 0.2) is 0 Å². The van der Waals surface area contributed by atoms with Gasteiger partial charge in [0.2, 0.25) is 10.0 Å². The maximum absolute atomic E-state index is 12.2. The van der Waals surface area contributed by atoms with Crippen LogP contribution in [0.25, 0.3) is 0 Å². The predicted molar refractivity (Wildman–Crippen MR) is 82.6 cm³/mol. The normalized spacial score (nSPS) is 11.4. The fourth-order valence-corrected chi connectivity index (χ4v) is 4.13. The van der Waals surface area contributed by atoms with Crippen molar-refractivity contribution in [1.29, 1.82) is 0 Å². The van der Waals surface area contributed by atoms with Crippen LogP contribution in [0.5, 0.6) is 11.5 Å². The van der Waals surface area contributed by atoms with E-state index in [2.05, 4.69) is 4.72 Å². The summed E-state index contributed by atoms with van der Waals surface area (Å²) in [5.41, 5.74) is 0.746. The molecule has 2 rings (SSSR count). The molecule has 2 aromatic rings. The van der Waals surface area contributed by atoms with Gasteiger partial charge in [-0.1, -0.05) is 6.07 Å². The van der Waals surface area contributed by atoms with Crippen molar-refractivity contribution in [2.24, 2.45) is 0 Å². The summed E-state index contributed by atoms with van der Waals surface area (Å²) in [5, 5.41) is 0. The van der Waals surface area contributed by atoms with Crippen LogP contribution in [0.1, 0.15) is 10.4 Å². The standard InChI is InChI=1S/C14H17NO4S2/c1-10-4-7-14(20-10)21(16,17)15-9-11-5-6-12(18-2)8-13(11)19-3/h4-8,15H,9H2,1-3H3. The second kappa shape index (κ2) is 6.46. The van der Waals surface area contributed by atoms with Crippen molar-refractivity contribution in [3.05, 3.63) is 40.8 Å². The molecule has 0 spiro atoms. The zero-order chi connectivity index (χ0) is 15.5. The summed E-state index contributed by atoms with van der Waals surface area (Å²) in [6, 6.07) is 8.65. The van der Waals surface area contributed by atoms with E-state index < -0.39 is 10.0 Å². The lowest BCUT2D eigenvalue weighted by atomic mass is 10.2. The van der Waals surface area contributed by atoms with Crippen LogP contribution in [-0.4, -0.2) is 22.6 Å². The SMILES string of the molecule is COc1ccc(CNS(=O)(=O)c2ccc(C)s2)c(OC)c1. The molecule has 1 aromatic heterocycles. The number of thiophene rings is 1. The van der Waals surface area contributed by atoms with E-state index in [1.54, 1.807) is 37.4 Å². The van der Waals surface area contributed by atoms with Crippen molar-refractivity contribution < 1.29 is 17.9 Å². The number of sulfonamides is 1. The van der Waals surface area contributed by atoms with Crippen LogP contribution in [0.15, 0.2) is 34.5 Å². The maximum Gasteiger partial charge on any atom is 0.250 e. The molecule has 1 aromatic carbocycles. The highest BCUT2D eigenvalue weighted by Crippen LogP contribution is 2.25. The molecule has 0 bridgehead atoms. The van der Waals surface area contributed by atoms with Crippen LogP contribution in [0, 0.1) is 6.92 Å². The maximum atomic E-state index is 12.2. The Morgan fingerprint density at radius 1 is 1.14 bits per heavy atom. The minimum absolute atomic E-state index is 0.159. The fraction of sp³-hybridized carbons (Fsp3) is 0.286. The monoisotopic (exact) mass is 327 g/mol. The van der Waals surface area contributed by atoms with E-state index in [-0.39, 0.29) is 6.54 Å². The smallest absolute Gasteiger partial charge is 0.250 e. The summed E-state index contributed by atoms with van der Waals surface area (Å²) < 4.78 is 37.6. The number of ether oxygens (including phenoxy) is 2. The van der Waals surface area contributed by atoms with E-state index in [4.69, 9.17) is 9.47 Å². The van der Waals surface area contributed by atoms with E-state index in [0.29, 0.717) is 15.7 Å². The Balaban J connectivity index is 2.16. The third kappa shape index (κ3) is 3.75. The highest BCUT2D eigenvalue weighted by Gasteiger charge is 2.16. The number of methoxy groups -OCH3 is 2. The number of nitrogens with one attached hydrogen (secondary N) is 1. The molecule has 7 heteroatoms. The molecule has 0 aliphatic carbocycles. The molecular weight excluding hydrogens is 310 g/mol. The van der Waals surface area contributed by atoms with Gasteiger partial charge in [-0.2, -0.15) is 0 Å². The first-order chi connectivity index (χ1) is 9.96. The molecule has 0 saturated heterocycles. The zero-order valence-corrected chi connectivity index (χ0v) is 13.7. The molecule has 114 valence electrons. The Morgan fingerprint density at radius 2 is 1.90 bits per heavy atom. The summed E-state index contributed by atoms with van der Waals surface area (Å²) in [5.74, 6) is 1.24. The number of aryl methyl sites for hydroxylation is 1. The Bertz CT molecular complexity index is 722. The van der Waals surface area contributed by atoms with Crippen molar-refractivity contribution in [2.45, 2.75) is 17.7 Å². The van der Waals surface area contributed by atoms with Gasteiger partial charge in [0.25, 0.3) is 0 Å². The molecule has 0 fully saturated rings. The number of hydrogen-bond acceptors (Lipinski definition) is 5. The molecule has 0 aliphatic rings. The molecule has 0 saturated carbocycles. The summed E-state index contributed by atoms with van der Waals surface area (Å²) in [6.07, 6.45) is 0. The van der Waals surface area contributed by atoms with Gasteiger partial charge in [-0.05, 0) is 25.1 Å². The van der Waals surface area contributed by atoms with E-state index >= 15 is 0 Å². The molecule has 0 amide bonds. The zero-order valence-electron chi connectivity index (χ0n) is 12.0. The van der Waals surface area contributed by atoms with Crippen molar-refractivity contribution in [3.63, 3.8) is 0 Å². The van der Waals surface area contributed by atoms with Crippen molar-refractivity contribution in [2.75, 3.05) is 14.2 Å².